The number of rotatable bonds is 15. The highest BCUT2D eigenvalue weighted by Crippen LogP contribution is 2.14. The van der Waals surface area contributed by atoms with Crippen molar-refractivity contribution < 1.29 is 10.2 Å². The molecule has 122 valence electrons. The third-order valence-electron chi connectivity index (χ3n) is 4.15. The highest BCUT2D eigenvalue weighted by Gasteiger charge is 2.14. The average molecular weight is 287 g/mol. The first-order valence-corrected chi connectivity index (χ1v) is 9.08. The van der Waals surface area contributed by atoms with Crippen LogP contribution in [0.1, 0.15) is 104 Å². The van der Waals surface area contributed by atoms with Crippen LogP contribution in [0.15, 0.2) is 0 Å². The van der Waals surface area contributed by atoms with Crippen LogP contribution in [0, 0.1) is 0 Å². The van der Waals surface area contributed by atoms with Crippen molar-refractivity contribution in [2.24, 2.45) is 0 Å². The van der Waals surface area contributed by atoms with E-state index >= 15 is 0 Å². The first-order chi connectivity index (χ1) is 9.72. The lowest BCUT2D eigenvalue weighted by Crippen LogP contribution is -2.25. The zero-order chi connectivity index (χ0) is 15.1. The maximum atomic E-state index is 9.87. The molecule has 0 saturated heterocycles. The Kier molecular flexibility index (Phi) is 15.3. The molecule has 2 nitrogen and oxygen atoms in total. The Morgan fingerprint density at radius 1 is 0.500 bits per heavy atom. The molecule has 0 rings (SSSR count). The van der Waals surface area contributed by atoms with Crippen LogP contribution in [-0.2, 0) is 0 Å². The van der Waals surface area contributed by atoms with E-state index in [2.05, 4.69) is 13.8 Å². The van der Waals surface area contributed by atoms with Gasteiger partial charge in [0.2, 0.25) is 0 Å². The van der Waals surface area contributed by atoms with Crippen molar-refractivity contribution in [2.45, 2.75) is 116 Å². The van der Waals surface area contributed by atoms with Gasteiger partial charge in [0.1, 0.15) is 0 Å². The van der Waals surface area contributed by atoms with Gasteiger partial charge in [-0.05, 0) is 12.8 Å². The van der Waals surface area contributed by atoms with Gasteiger partial charge in [-0.2, -0.15) is 0 Å². The molecule has 0 unspecified atom stereocenters. The van der Waals surface area contributed by atoms with Gasteiger partial charge in [0.05, 0.1) is 12.2 Å². The van der Waals surface area contributed by atoms with E-state index in [1.54, 1.807) is 0 Å². The van der Waals surface area contributed by atoms with Gasteiger partial charge < -0.3 is 10.2 Å². The number of hydrogen-bond acceptors (Lipinski definition) is 2. The second-order valence-corrected chi connectivity index (χ2v) is 6.25. The fraction of sp³-hybridized carbons (Fsp3) is 1.00. The summed E-state index contributed by atoms with van der Waals surface area (Å²) in [6.45, 7) is 4.41. The SMILES string of the molecule is CCCCCCCCCCC[C@@H](O)[C@H](O)CCCCC. The van der Waals surface area contributed by atoms with E-state index < -0.39 is 12.2 Å². The normalized spacial score (nSPS) is 14.4. The van der Waals surface area contributed by atoms with E-state index in [1.165, 1.54) is 57.8 Å². The summed E-state index contributed by atoms with van der Waals surface area (Å²) in [6.07, 6.45) is 15.6. The fourth-order valence-corrected chi connectivity index (χ4v) is 2.65. The number of unbranched alkanes of at least 4 members (excludes halogenated alkanes) is 10. The fourth-order valence-electron chi connectivity index (χ4n) is 2.65. The van der Waals surface area contributed by atoms with E-state index in [-0.39, 0.29) is 0 Å². The molecule has 0 aliphatic heterocycles. The monoisotopic (exact) mass is 286 g/mol. The van der Waals surface area contributed by atoms with Gasteiger partial charge in [-0.3, -0.25) is 0 Å². The summed E-state index contributed by atoms with van der Waals surface area (Å²) in [5.41, 5.74) is 0. The zero-order valence-electron chi connectivity index (χ0n) is 13.9. The van der Waals surface area contributed by atoms with Crippen LogP contribution in [0.25, 0.3) is 0 Å². The molecular weight excluding hydrogens is 248 g/mol. The molecule has 0 aliphatic carbocycles. The molecule has 0 fully saturated rings. The van der Waals surface area contributed by atoms with Crippen molar-refractivity contribution in [3.05, 3.63) is 0 Å². The molecule has 0 aromatic carbocycles. The van der Waals surface area contributed by atoms with E-state index in [4.69, 9.17) is 0 Å². The van der Waals surface area contributed by atoms with Gasteiger partial charge in [0.15, 0.2) is 0 Å². The minimum atomic E-state index is -0.504. The van der Waals surface area contributed by atoms with Gasteiger partial charge in [-0.15, -0.1) is 0 Å². The Balaban J connectivity index is 3.27. The molecule has 0 aliphatic rings. The van der Waals surface area contributed by atoms with Crippen molar-refractivity contribution in [1.29, 1.82) is 0 Å². The minimum Gasteiger partial charge on any atom is -0.390 e. The Bertz CT molecular complexity index is 182. The van der Waals surface area contributed by atoms with Crippen molar-refractivity contribution in [1.82, 2.24) is 0 Å². The Morgan fingerprint density at radius 3 is 1.25 bits per heavy atom. The van der Waals surface area contributed by atoms with Crippen molar-refractivity contribution in [2.75, 3.05) is 0 Å². The van der Waals surface area contributed by atoms with Gasteiger partial charge in [-0.1, -0.05) is 90.9 Å². The van der Waals surface area contributed by atoms with Crippen LogP contribution in [0.2, 0.25) is 0 Å². The summed E-state index contributed by atoms with van der Waals surface area (Å²) < 4.78 is 0. The van der Waals surface area contributed by atoms with E-state index in [1.807, 2.05) is 0 Å². The van der Waals surface area contributed by atoms with Gasteiger partial charge in [0.25, 0.3) is 0 Å². The predicted molar refractivity (Wildman–Crippen MR) is 88.0 cm³/mol. The largest absolute Gasteiger partial charge is 0.390 e. The van der Waals surface area contributed by atoms with Crippen LogP contribution < -0.4 is 0 Å². The van der Waals surface area contributed by atoms with Crippen molar-refractivity contribution in [3.63, 3.8) is 0 Å². The van der Waals surface area contributed by atoms with E-state index in [0.717, 1.165) is 32.1 Å². The summed E-state index contributed by atoms with van der Waals surface area (Å²) in [5, 5.41) is 19.7. The van der Waals surface area contributed by atoms with Crippen LogP contribution >= 0.6 is 0 Å². The lowest BCUT2D eigenvalue weighted by molar-refractivity contribution is 0.00718. The maximum absolute atomic E-state index is 9.87. The molecule has 2 atom stereocenters. The Labute approximate surface area is 127 Å². The lowest BCUT2D eigenvalue weighted by Gasteiger charge is -2.17. The topological polar surface area (TPSA) is 40.5 Å². The van der Waals surface area contributed by atoms with E-state index in [0.29, 0.717) is 0 Å². The quantitative estimate of drug-likeness (QED) is 0.406. The highest BCUT2D eigenvalue weighted by atomic mass is 16.3. The van der Waals surface area contributed by atoms with Crippen LogP contribution in [0.4, 0.5) is 0 Å². The molecule has 2 heteroatoms. The molecule has 0 spiro atoms. The van der Waals surface area contributed by atoms with Gasteiger partial charge >= 0.3 is 0 Å². The molecule has 0 radical (unpaired) electrons. The molecular formula is C18H38O2. The molecule has 0 aromatic rings. The van der Waals surface area contributed by atoms with E-state index in [9.17, 15) is 10.2 Å². The second-order valence-electron chi connectivity index (χ2n) is 6.25. The predicted octanol–water partition coefficient (Wildman–Crippen LogP) is 5.21. The first-order valence-electron chi connectivity index (χ1n) is 9.08. The number of hydrogen-bond donors (Lipinski definition) is 2. The summed E-state index contributed by atoms with van der Waals surface area (Å²) >= 11 is 0. The third kappa shape index (κ3) is 12.9. The summed E-state index contributed by atoms with van der Waals surface area (Å²) in [7, 11) is 0. The summed E-state index contributed by atoms with van der Waals surface area (Å²) in [4.78, 5) is 0. The number of aliphatic hydroxyl groups excluding tert-OH is 2. The molecule has 20 heavy (non-hydrogen) atoms. The molecule has 0 saturated carbocycles. The van der Waals surface area contributed by atoms with Crippen molar-refractivity contribution >= 4 is 0 Å². The van der Waals surface area contributed by atoms with Crippen LogP contribution in [-0.4, -0.2) is 22.4 Å². The molecule has 0 heterocycles. The summed E-state index contributed by atoms with van der Waals surface area (Å²) in [5.74, 6) is 0. The Morgan fingerprint density at radius 2 is 0.800 bits per heavy atom. The number of aliphatic hydroxyl groups is 2. The molecule has 0 aromatic heterocycles. The summed E-state index contributed by atoms with van der Waals surface area (Å²) in [6, 6.07) is 0. The van der Waals surface area contributed by atoms with Crippen molar-refractivity contribution in [3.8, 4) is 0 Å². The van der Waals surface area contributed by atoms with Gasteiger partial charge in [-0.25, -0.2) is 0 Å². The third-order valence-corrected chi connectivity index (χ3v) is 4.15. The first kappa shape index (κ1) is 19.9. The standard InChI is InChI=1S/C18H38O2/c1-3-5-7-8-9-10-11-12-14-16-18(20)17(19)15-13-6-4-2/h17-20H,3-16H2,1-2H3/t17-,18-/m1/s1. The molecule has 2 N–H and O–H groups in total. The van der Waals surface area contributed by atoms with Crippen LogP contribution in [0.3, 0.4) is 0 Å². The molecule has 0 amide bonds. The average Bonchev–Trinajstić information content (AvgIpc) is 2.45. The maximum Gasteiger partial charge on any atom is 0.0799 e. The second kappa shape index (κ2) is 15.3. The lowest BCUT2D eigenvalue weighted by atomic mass is 10.00. The molecule has 0 bridgehead atoms. The Hall–Kier alpha value is -0.0800. The van der Waals surface area contributed by atoms with Gasteiger partial charge in [0, 0.05) is 0 Å². The minimum absolute atomic E-state index is 0.503. The highest BCUT2D eigenvalue weighted by molar-refractivity contribution is 4.67. The van der Waals surface area contributed by atoms with Crippen LogP contribution in [0.5, 0.6) is 0 Å². The zero-order valence-corrected chi connectivity index (χ0v) is 13.9. The smallest absolute Gasteiger partial charge is 0.0799 e.